The molecule has 0 saturated carbocycles. The smallest absolute Gasteiger partial charge is 0.264 e. The van der Waals surface area contributed by atoms with Crippen LogP contribution in [0.1, 0.15) is 36.7 Å². The SMILES string of the molecule is C=S(C)(=O)NC(=O)c1cn2ncnc(Nc3ccc(F)cc3OC(C)C(=O)NC(C)C)c2c1C. The summed E-state index contributed by atoms with van der Waals surface area (Å²) in [5.41, 5.74) is 1.60. The minimum Gasteiger partial charge on any atom is -0.479 e. The van der Waals surface area contributed by atoms with Gasteiger partial charge in [0.15, 0.2) is 11.9 Å². The molecule has 0 aliphatic heterocycles. The molecular formula is C22H27FN6O4S. The van der Waals surface area contributed by atoms with Crippen molar-refractivity contribution < 1.29 is 22.9 Å². The van der Waals surface area contributed by atoms with Gasteiger partial charge in [-0.05, 0) is 51.3 Å². The van der Waals surface area contributed by atoms with Crippen LogP contribution in [0.2, 0.25) is 0 Å². The molecule has 1 aromatic carbocycles. The average molecular weight is 491 g/mol. The summed E-state index contributed by atoms with van der Waals surface area (Å²) in [7, 11) is -2.77. The first kappa shape index (κ1) is 25.0. The van der Waals surface area contributed by atoms with Crippen LogP contribution in [-0.2, 0) is 14.5 Å². The second-order valence-corrected chi connectivity index (χ2v) is 10.4. The molecule has 34 heavy (non-hydrogen) atoms. The second-order valence-electron chi connectivity index (χ2n) is 8.19. The number of nitrogens with one attached hydrogen (secondary N) is 3. The maximum Gasteiger partial charge on any atom is 0.264 e. The van der Waals surface area contributed by atoms with Gasteiger partial charge in [-0.3, -0.25) is 14.3 Å². The Morgan fingerprint density at radius 2 is 1.97 bits per heavy atom. The monoisotopic (exact) mass is 490 g/mol. The van der Waals surface area contributed by atoms with Gasteiger partial charge in [0, 0.05) is 34.3 Å². The van der Waals surface area contributed by atoms with Crippen LogP contribution in [0, 0.1) is 12.7 Å². The summed E-state index contributed by atoms with van der Waals surface area (Å²) in [5, 5.41) is 9.95. The number of anilines is 2. The number of benzene rings is 1. The van der Waals surface area contributed by atoms with E-state index in [0.29, 0.717) is 22.6 Å². The van der Waals surface area contributed by atoms with E-state index in [1.54, 1.807) is 13.8 Å². The van der Waals surface area contributed by atoms with Crippen molar-refractivity contribution >= 4 is 44.4 Å². The van der Waals surface area contributed by atoms with Crippen LogP contribution >= 0.6 is 0 Å². The van der Waals surface area contributed by atoms with Gasteiger partial charge >= 0.3 is 0 Å². The molecule has 2 amide bonds. The Morgan fingerprint density at radius 1 is 1.26 bits per heavy atom. The van der Waals surface area contributed by atoms with Crippen molar-refractivity contribution in [1.82, 2.24) is 24.6 Å². The molecule has 2 heterocycles. The molecular weight excluding hydrogens is 463 g/mol. The van der Waals surface area contributed by atoms with E-state index in [0.717, 1.165) is 6.07 Å². The molecule has 3 aromatic rings. The second kappa shape index (κ2) is 9.67. The first-order valence-electron chi connectivity index (χ1n) is 10.4. The van der Waals surface area contributed by atoms with Crippen LogP contribution in [0.25, 0.3) is 5.52 Å². The lowest BCUT2D eigenvalue weighted by Gasteiger charge is -2.19. The van der Waals surface area contributed by atoms with Gasteiger partial charge in [-0.15, -0.1) is 0 Å². The number of hydrogen-bond acceptors (Lipinski definition) is 7. The largest absolute Gasteiger partial charge is 0.479 e. The fourth-order valence-electron chi connectivity index (χ4n) is 3.20. The summed E-state index contributed by atoms with van der Waals surface area (Å²) in [4.78, 5) is 29.1. The number of carbonyl (C=O) groups excluding carboxylic acids is 2. The van der Waals surface area contributed by atoms with Crippen molar-refractivity contribution in [2.75, 3.05) is 11.6 Å². The van der Waals surface area contributed by atoms with Crippen LogP contribution in [0.3, 0.4) is 0 Å². The van der Waals surface area contributed by atoms with E-state index >= 15 is 0 Å². The Hall–Kier alpha value is -3.67. The zero-order chi connectivity index (χ0) is 25.2. The fraction of sp³-hybridized carbons (Fsp3) is 0.318. The fourth-order valence-corrected chi connectivity index (χ4v) is 3.70. The lowest BCUT2D eigenvalue weighted by molar-refractivity contribution is -0.127. The van der Waals surface area contributed by atoms with Gasteiger partial charge in [0.2, 0.25) is 0 Å². The molecule has 10 nitrogen and oxygen atoms in total. The van der Waals surface area contributed by atoms with E-state index in [9.17, 15) is 18.2 Å². The highest BCUT2D eigenvalue weighted by Crippen LogP contribution is 2.32. The highest BCUT2D eigenvalue weighted by atomic mass is 32.2. The molecule has 0 fully saturated rings. The van der Waals surface area contributed by atoms with E-state index in [1.807, 2.05) is 13.8 Å². The van der Waals surface area contributed by atoms with Gasteiger partial charge in [0.25, 0.3) is 11.8 Å². The van der Waals surface area contributed by atoms with E-state index in [-0.39, 0.29) is 23.3 Å². The number of hydrogen-bond donors (Lipinski definition) is 3. The molecule has 0 saturated heterocycles. The molecule has 2 atom stereocenters. The molecule has 0 spiro atoms. The minimum absolute atomic E-state index is 0.0775. The lowest BCUT2D eigenvalue weighted by Crippen LogP contribution is -2.40. The molecule has 2 unspecified atom stereocenters. The Bertz CT molecular complexity index is 1350. The van der Waals surface area contributed by atoms with Crippen molar-refractivity contribution in [1.29, 1.82) is 0 Å². The molecule has 3 rings (SSSR count). The molecule has 2 aromatic heterocycles. The van der Waals surface area contributed by atoms with Gasteiger partial charge in [0.05, 0.1) is 11.3 Å². The highest BCUT2D eigenvalue weighted by molar-refractivity contribution is 7.98. The van der Waals surface area contributed by atoms with Crippen molar-refractivity contribution in [3.63, 3.8) is 0 Å². The molecule has 3 N–H and O–H groups in total. The van der Waals surface area contributed by atoms with Crippen LogP contribution in [-0.4, -0.2) is 54.9 Å². The summed E-state index contributed by atoms with van der Waals surface area (Å²) in [6.45, 7) is 6.90. The molecule has 182 valence electrons. The molecule has 0 bridgehead atoms. The van der Waals surface area contributed by atoms with Gasteiger partial charge in [-0.25, -0.2) is 18.1 Å². The number of ether oxygens (including phenoxy) is 1. The highest BCUT2D eigenvalue weighted by Gasteiger charge is 2.21. The Labute approximate surface area is 197 Å². The maximum atomic E-state index is 14.0. The van der Waals surface area contributed by atoms with Crippen molar-refractivity contribution in [2.45, 2.75) is 39.8 Å². The number of rotatable bonds is 8. The topological polar surface area (TPSA) is 127 Å². The third-order valence-electron chi connectivity index (χ3n) is 4.68. The van der Waals surface area contributed by atoms with E-state index < -0.39 is 27.5 Å². The number of fused-ring (bicyclic) bond motifs is 1. The quantitative estimate of drug-likeness (QED) is 0.413. The van der Waals surface area contributed by atoms with Gasteiger partial charge < -0.3 is 15.4 Å². The number of aromatic nitrogens is 3. The Balaban J connectivity index is 1.97. The molecule has 0 radical (unpaired) electrons. The summed E-state index contributed by atoms with van der Waals surface area (Å²) in [6.07, 6.45) is 3.20. The van der Waals surface area contributed by atoms with Crippen molar-refractivity contribution in [3.8, 4) is 5.75 Å². The van der Waals surface area contributed by atoms with Crippen molar-refractivity contribution in [3.05, 3.63) is 47.7 Å². The first-order chi connectivity index (χ1) is 15.9. The zero-order valence-corrected chi connectivity index (χ0v) is 20.3. The summed E-state index contributed by atoms with van der Waals surface area (Å²) >= 11 is 0. The Kier molecular flexibility index (Phi) is 7.10. The molecule has 0 aliphatic carbocycles. The average Bonchev–Trinajstić information content (AvgIpc) is 3.06. The molecule has 12 heteroatoms. The predicted molar refractivity (Wildman–Crippen MR) is 129 cm³/mol. The lowest BCUT2D eigenvalue weighted by atomic mass is 10.2. The Morgan fingerprint density at radius 3 is 2.62 bits per heavy atom. The number of halogens is 1. The standard InChI is InChI=1S/C22H27FN6O4S/c1-12(2)26-21(30)14(4)33-18-9-15(23)7-8-17(18)27-20-19-13(3)16(10-29(19)25-11-24-20)22(31)28-34(5,6)32/h7-12,14H,5H2,1-4,6H3,(H,26,30)(H,24,25,27)(H,28,31,32). The molecule has 0 aliphatic rings. The summed E-state index contributed by atoms with van der Waals surface area (Å²) < 4.78 is 35.4. The van der Waals surface area contributed by atoms with Gasteiger partial charge in [-0.2, -0.15) is 5.10 Å². The van der Waals surface area contributed by atoms with Crippen LogP contribution < -0.4 is 20.1 Å². The van der Waals surface area contributed by atoms with E-state index in [1.165, 1.54) is 35.4 Å². The first-order valence-corrected chi connectivity index (χ1v) is 12.5. The van der Waals surface area contributed by atoms with E-state index in [2.05, 4.69) is 31.3 Å². The predicted octanol–water partition coefficient (Wildman–Crippen LogP) is 2.20. The number of aryl methyl sites for hydroxylation is 1. The maximum absolute atomic E-state index is 14.0. The minimum atomic E-state index is -2.77. The van der Waals surface area contributed by atoms with Gasteiger partial charge in [-0.1, -0.05) is 0 Å². The summed E-state index contributed by atoms with van der Waals surface area (Å²) in [6, 6.07) is 3.78. The summed E-state index contributed by atoms with van der Waals surface area (Å²) in [5.74, 6) is 2.41. The zero-order valence-electron chi connectivity index (χ0n) is 19.5. The number of amides is 2. The van der Waals surface area contributed by atoms with Crippen LogP contribution in [0.15, 0.2) is 30.7 Å². The van der Waals surface area contributed by atoms with Crippen LogP contribution in [0.4, 0.5) is 15.9 Å². The number of nitrogens with zero attached hydrogens (tertiary/aromatic N) is 3. The third kappa shape index (κ3) is 5.81. The number of carbonyl (C=O) groups is 2. The van der Waals surface area contributed by atoms with Crippen LogP contribution in [0.5, 0.6) is 5.75 Å². The van der Waals surface area contributed by atoms with E-state index in [4.69, 9.17) is 4.74 Å². The normalized spacial score (nSPS) is 13.9. The van der Waals surface area contributed by atoms with Gasteiger partial charge in [0.1, 0.15) is 23.4 Å². The van der Waals surface area contributed by atoms with Crippen molar-refractivity contribution in [2.24, 2.45) is 0 Å². The third-order valence-corrected chi connectivity index (χ3v) is 5.30.